The zero-order valence-electron chi connectivity index (χ0n) is 8.71. The molecule has 2 fully saturated rings. The monoisotopic (exact) mass is 211 g/mol. The number of hydrogen-bond acceptors (Lipinski definition) is 4. The van der Waals surface area contributed by atoms with Gasteiger partial charge in [-0.05, 0) is 25.8 Å². The van der Waals surface area contributed by atoms with Gasteiger partial charge in [0.25, 0.3) is 0 Å². The second kappa shape index (κ2) is 3.90. The lowest BCUT2D eigenvalue weighted by atomic mass is 9.77. The fourth-order valence-electron chi connectivity index (χ4n) is 2.33. The fourth-order valence-corrected chi connectivity index (χ4v) is 2.33. The maximum atomic E-state index is 12.1. The highest BCUT2D eigenvalue weighted by Crippen LogP contribution is 2.41. The highest BCUT2D eigenvalue weighted by Gasteiger charge is 2.48. The summed E-state index contributed by atoms with van der Waals surface area (Å²) >= 11 is 0. The Labute approximate surface area is 88.7 Å². The predicted octanol–water partition coefficient (Wildman–Crippen LogP) is -0.675. The summed E-state index contributed by atoms with van der Waals surface area (Å²) in [6, 6.07) is 0. The average molecular weight is 211 g/mol. The van der Waals surface area contributed by atoms with Gasteiger partial charge in [0.2, 0.25) is 5.91 Å². The van der Waals surface area contributed by atoms with Gasteiger partial charge in [-0.1, -0.05) is 0 Å². The molecule has 0 spiro atoms. The summed E-state index contributed by atoms with van der Waals surface area (Å²) < 4.78 is 0. The quantitative estimate of drug-likeness (QED) is 0.327. The molecule has 0 radical (unpaired) electrons. The number of nitrogens with one attached hydrogen (secondary N) is 2. The molecule has 1 atom stereocenters. The largest absolute Gasteiger partial charge is 0.316 e. The minimum atomic E-state index is -0.482. The minimum Gasteiger partial charge on any atom is -0.316 e. The van der Waals surface area contributed by atoms with Gasteiger partial charge in [-0.25, -0.2) is 5.84 Å². The second-order valence-corrected chi connectivity index (χ2v) is 4.59. The normalized spacial score (nSPS) is 30.2. The lowest BCUT2D eigenvalue weighted by Crippen LogP contribution is -2.42. The van der Waals surface area contributed by atoms with Crippen LogP contribution in [0.25, 0.3) is 0 Å². The molecule has 5 nitrogen and oxygen atoms in total. The number of nitrogens with two attached hydrogens (primary N) is 1. The SMILES string of the molecule is NNC(=O)C[C@@]1(C(=O)C2CC2)CCNC1. The maximum Gasteiger partial charge on any atom is 0.234 e. The van der Waals surface area contributed by atoms with Crippen LogP contribution in [0.15, 0.2) is 0 Å². The molecule has 4 N–H and O–H groups in total. The van der Waals surface area contributed by atoms with Gasteiger partial charge in [0.05, 0.1) is 5.41 Å². The van der Waals surface area contributed by atoms with Crippen molar-refractivity contribution in [2.24, 2.45) is 17.2 Å². The van der Waals surface area contributed by atoms with Crippen molar-refractivity contribution in [2.45, 2.75) is 25.7 Å². The highest BCUT2D eigenvalue weighted by molar-refractivity contribution is 5.93. The van der Waals surface area contributed by atoms with E-state index in [-0.39, 0.29) is 24.0 Å². The van der Waals surface area contributed by atoms with Gasteiger partial charge in [0.15, 0.2) is 0 Å². The van der Waals surface area contributed by atoms with Gasteiger partial charge in [0, 0.05) is 18.9 Å². The van der Waals surface area contributed by atoms with Gasteiger partial charge < -0.3 is 5.32 Å². The molecule has 2 rings (SSSR count). The molecule has 2 aliphatic rings. The molecule has 0 unspecified atom stereocenters. The first kappa shape index (κ1) is 10.6. The van der Waals surface area contributed by atoms with Crippen molar-refractivity contribution in [3.63, 3.8) is 0 Å². The van der Waals surface area contributed by atoms with Crippen molar-refractivity contribution in [1.82, 2.24) is 10.7 Å². The zero-order chi connectivity index (χ0) is 10.9. The number of Topliss-reactive ketones (excluding diaryl/α,β-unsaturated/α-hetero) is 1. The van der Waals surface area contributed by atoms with Crippen molar-refractivity contribution in [1.29, 1.82) is 0 Å². The summed E-state index contributed by atoms with van der Waals surface area (Å²) in [4.78, 5) is 23.4. The molecule has 1 aliphatic carbocycles. The minimum absolute atomic E-state index is 0.204. The van der Waals surface area contributed by atoms with Crippen LogP contribution in [0, 0.1) is 11.3 Å². The van der Waals surface area contributed by atoms with Crippen LogP contribution in [0.5, 0.6) is 0 Å². The maximum absolute atomic E-state index is 12.1. The van der Waals surface area contributed by atoms with Gasteiger partial charge in [-0.15, -0.1) is 0 Å². The van der Waals surface area contributed by atoms with Crippen molar-refractivity contribution in [3.8, 4) is 0 Å². The first-order chi connectivity index (χ1) is 7.18. The summed E-state index contributed by atoms with van der Waals surface area (Å²) in [5.74, 6) is 5.29. The molecule has 84 valence electrons. The second-order valence-electron chi connectivity index (χ2n) is 4.59. The number of amides is 1. The molecule has 1 saturated heterocycles. The van der Waals surface area contributed by atoms with Crippen LogP contribution in [0.3, 0.4) is 0 Å². The van der Waals surface area contributed by atoms with Crippen molar-refractivity contribution >= 4 is 11.7 Å². The van der Waals surface area contributed by atoms with Crippen LogP contribution in [0.2, 0.25) is 0 Å². The standard InChI is InChI=1S/C10H17N3O2/c11-13-8(14)5-10(3-4-12-6-10)9(15)7-1-2-7/h7,12H,1-6,11H2,(H,13,14)/t10-/m0/s1. The topological polar surface area (TPSA) is 84.2 Å². The molecule has 1 amide bonds. The lowest BCUT2D eigenvalue weighted by Gasteiger charge is -2.25. The molecule has 1 heterocycles. The van der Waals surface area contributed by atoms with E-state index in [0.717, 1.165) is 25.8 Å². The van der Waals surface area contributed by atoms with E-state index < -0.39 is 5.41 Å². The van der Waals surface area contributed by atoms with E-state index >= 15 is 0 Å². The van der Waals surface area contributed by atoms with Crippen molar-refractivity contribution < 1.29 is 9.59 Å². The van der Waals surface area contributed by atoms with Gasteiger partial charge in [-0.3, -0.25) is 15.0 Å². The third-order valence-electron chi connectivity index (χ3n) is 3.37. The number of ketones is 1. The molecule has 0 aromatic heterocycles. The molecule has 1 aliphatic heterocycles. The van der Waals surface area contributed by atoms with E-state index in [4.69, 9.17) is 5.84 Å². The average Bonchev–Trinajstić information content (AvgIpc) is 2.98. The number of carbonyl (C=O) groups excluding carboxylic acids is 2. The molecule has 0 aromatic carbocycles. The molecule has 15 heavy (non-hydrogen) atoms. The Kier molecular flexibility index (Phi) is 2.75. The summed E-state index contributed by atoms with van der Waals surface area (Å²) in [5, 5.41) is 3.16. The first-order valence-corrected chi connectivity index (χ1v) is 5.42. The van der Waals surface area contributed by atoms with Crippen LogP contribution < -0.4 is 16.6 Å². The summed E-state index contributed by atoms with van der Waals surface area (Å²) in [7, 11) is 0. The van der Waals surface area contributed by atoms with E-state index in [2.05, 4.69) is 10.7 Å². The first-order valence-electron chi connectivity index (χ1n) is 5.42. The lowest BCUT2D eigenvalue weighted by molar-refractivity contribution is -0.134. The Balaban J connectivity index is 2.08. The van der Waals surface area contributed by atoms with Crippen molar-refractivity contribution in [3.05, 3.63) is 0 Å². The zero-order valence-corrected chi connectivity index (χ0v) is 8.71. The van der Waals surface area contributed by atoms with E-state index in [0.29, 0.717) is 6.54 Å². The Morgan fingerprint density at radius 1 is 1.47 bits per heavy atom. The summed E-state index contributed by atoms with van der Waals surface area (Å²) in [6.45, 7) is 1.44. The third kappa shape index (κ3) is 2.03. The summed E-state index contributed by atoms with van der Waals surface area (Å²) in [6.07, 6.45) is 2.97. The van der Waals surface area contributed by atoms with Crippen LogP contribution in [0.1, 0.15) is 25.7 Å². The van der Waals surface area contributed by atoms with Crippen LogP contribution in [-0.4, -0.2) is 24.8 Å². The highest BCUT2D eigenvalue weighted by atomic mass is 16.2. The summed E-state index contributed by atoms with van der Waals surface area (Å²) in [5.41, 5.74) is 1.63. The number of hydrazine groups is 1. The molecule has 0 bridgehead atoms. The number of carbonyl (C=O) groups is 2. The van der Waals surface area contributed by atoms with Crippen molar-refractivity contribution in [2.75, 3.05) is 13.1 Å². The van der Waals surface area contributed by atoms with Crippen LogP contribution in [0.4, 0.5) is 0 Å². The Hall–Kier alpha value is -0.940. The smallest absolute Gasteiger partial charge is 0.234 e. The Morgan fingerprint density at radius 2 is 2.20 bits per heavy atom. The molecule has 5 heteroatoms. The van der Waals surface area contributed by atoms with E-state index in [1.54, 1.807) is 0 Å². The Morgan fingerprint density at radius 3 is 2.67 bits per heavy atom. The number of rotatable bonds is 4. The van der Waals surface area contributed by atoms with Gasteiger partial charge in [-0.2, -0.15) is 0 Å². The predicted molar refractivity (Wildman–Crippen MR) is 54.6 cm³/mol. The van der Waals surface area contributed by atoms with E-state index in [1.807, 2.05) is 0 Å². The fraction of sp³-hybridized carbons (Fsp3) is 0.800. The van der Waals surface area contributed by atoms with Crippen LogP contribution in [-0.2, 0) is 9.59 Å². The van der Waals surface area contributed by atoms with Gasteiger partial charge >= 0.3 is 0 Å². The Bertz CT molecular complexity index is 280. The van der Waals surface area contributed by atoms with Crippen LogP contribution >= 0.6 is 0 Å². The molecule has 1 saturated carbocycles. The third-order valence-corrected chi connectivity index (χ3v) is 3.37. The molecular weight excluding hydrogens is 194 g/mol. The van der Waals surface area contributed by atoms with Gasteiger partial charge in [0.1, 0.15) is 5.78 Å². The van der Waals surface area contributed by atoms with E-state index in [9.17, 15) is 9.59 Å². The molecular formula is C10H17N3O2. The number of hydrogen-bond donors (Lipinski definition) is 3. The van der Waals surface area contributed by atoms with E-state index in [1.165, 1.54) is 0 Å². The molecule has 0 aromatic rings.